The van der Waals surface area contributed by atoms with Gasteiger partial charge in [0.05, 0.1) is 17.3 Å². The molecule has 2 aromatic rings. The van der Waals surface area contributed by atoms with Gasteiger partial charge < -0.3 is 9.42 Å². The molecule has 0 N–H and O–H groups in total. The Labute approximate surface area is 130 Å². The summed E-state index contributed by atoms with van der Waals surface area (Å²) in [4.78, 5) is 17.5. The number of nitrogens with zero attached hydrogens (tertiary/aromatic N) is 3. The van der Waals surface area contributed by atoms with Gasteiger partial charge >= 0.3 is 6.18 Å². The second-order valence-electron chi connectivity index (χ2n) is 5.46. The lowest BCUT2D eigenvalue weighted by atomic mass is 10.1. The summed E-state index contributed by atoms with van der Waals surface area (Å²) in [5.74, 6) is 0.232. The molecule has 5 nitrogen and oxygen atoms in total. The Kier molecular flexibility index (Phi) is 3.83. The van der Waals surface area contributed by atoms with Gasteiger partial charge in [0.25, 0.3) is 5.91 Å². The van der Waals surface area contributed by atoms with Crippen molar-refractivity contribution in [3.8, 4) is 0 Å². The van der Waals surface area contributed by atoms with E-state index >= 15 is 0 Å². The fraction of sp³-hybridized carbons (Fsp3) is 0.400. The number of rotatable bonds is 2. The molecule has 1 fully saturated rings. The van der Waals surface area contributed by atoms with E-state index in [9.17, 15) is 18.0 Å². The van der Waals surface area contributed by atoms with Crippen LogP contribution in [0.1, 0.15) is 46.4 Å². The molecule has 0 saturated carbocycles. The topological polar surface area (TPSA) is 59.2 Å². The van der Waals surface area contributed by atoms with Gasteiger partial charge in [-0.2, -0.15) is 13.2 Å². The largest absolute Gasteiger partial charge is 0.433 e. The molecule has 0 radical (unpaired) electrons. The molecule has 1 aliphatic heterocycles. The molecule has 1 atom stereocenters. The molecule has 2 aromatic heterocycles. The molecule has 0 aliphatic carbocycles. The van der Waals surface area contributed by atoms with E-state index in [0.29, 0.717) is 12.3 Å². The number of hydrogen-bond donors (Lipinski definition) is 0. The van der Waals surface area contributed by atoms with Crippen molar-refractivity contribution in [1.82, 2.24) is 15.0 Å². The predicted octanol–water partition coefficient (Wildman–Crippen LogP) is 3.37. The van der Waals surface area contributed by atoms with E-state index in [1.54, 1.807) is 17.9 Å². The molecule has 0 spiro atoms. The number of aryl methyl sites for hydroxylation is 1. The summed E-state index contributed by atoms with van der Waals surface area (Å²) in [6.45, 7) is 2.30. The van der Waals surface area contributed by atoms with E-state index < -0.39 is 11.9 Å². The van der Waals surface area contributed by atoms with E-state index in [1.165, 1.54) is 0 Å². The Morgan fingerprint density at radius 1 is 1.39 bits per heavy atom. The summed E-state index contributed by atoms with van der Waals surface area (Å²) in [6, 6.07) is 3.49. The van der Waals surface area contributed by atoms with Crippen LogP contribution in [-0.4, -0.2) is 27.5 Å². The maximum absolute atomic E-state index is 12.5. The second kappa shape index (κ2) is 5.68. The molecule has 1 aliphatic rings. The van der Waals surface area contributed by atoms with Crippen LogP contribution < -0.4 is 0 Å². The first kappa shape index (κ1) is 15.5. The van der Waals surface area contributed by atoms with Crippen LogP contribution in [0.2, 0.25) is 0 Å². The number of carbonyl (C=O) groups excluding carboxylic acids is 1. The minimum atomic E-state index is -4.52. The van der Waals surface area contributed by atoms with Crippen molar-refractivity contribution in [2.45, 2.75) is 32.0 Å². The minimum Gasteiger partial charge on any atom is -0.359 e. The van der Waals surface area contributed by atoms with Gasteiger partial charge in [-0.25, -0.2) is 0 Å². The fourth-order valence-corrected chi connectivity index (χ4v) is 2.70. The number of alkyl halides is 3. The maximum Gasteiger partial charge on any atom is 0.433 e. The van der Waals surface area contributed by atoms with Gasteiger partial charge in [0.1, 0.15) is 5.69 Å². The highest BCUT2D eigenvalue weighted by Gasteiger charge is 2.35. The number of halogens is 3. The van der Waals surface area contributed by atoms with E-state index in [4.69, 9.17) is 4.52 Å². The van der Waals surface area contributed by atoms with Crippen molar-refractivity contribution in [2.24, 2.45) is 0 Å². The van der Waals surface area contributed by atoms with Gasteiger partial charge in [0, 0.05) is 18.8 Å². The fourth-order valence-electron chi connectivity index (χ4n) is 2.70. The maximum atomic E-state index is 12.5. The number of aromatic nitrogens is 2. The van der Waals surface area contributed by atoms with Crippen LogP contribution in [0.4, 0.5) is 13.2 Å². The van der Waals surface area contributed by atoms with E-state index in [2.05, 4.69) is 10.1 Å². The van der Waals surface area contributed by atoms with Crippen LogP contribution in [0.15, 0.2) is 28.9 Å². The van der Waals surface area contributed by atoms with Crippen LogP contribution >= 0.6 is 0 Å². The third-order valence-corrected chi connectivity index (χ3v) is 3.79. The third-order valence-electron chi connectivity index (χ3n) is 3.79. The van der Waals surface area contributed by atoms with Gasteiger partial charge in [0.2, 0.25) is 0 Å². The first-order valence-corrected chi connectivity index (χ1v) is 7.13. The summed E-state index contributed by atoms with van der Waals surface area (Å²) in [5, 5.41) is 3.82. The summed E-state index contributed by atoms with van der Waals surface area (Å²) < 4.78 is 42.8. The zero-order valence-electron chi connectivity index (χ0n) is 12.3. The highest BCUT2D eigenvalue weighted by atomic mass is 19.4. The molecule has 8 heteroatoms. The standard InChI is InChI=1S/C15H14F3N3O2/c1-9-7-12(23-20-9)11-3-2-6-21(11)14(22)10-4-5-13(19-8-10)15(16,17)18/h4-5,7-8,11H,2-3,6H2,1H3. The van der Waals surface area contributed by atoms with Crippen LogP contribution in [0, 0.1) is 6.92 Å². The summed E-state index contributed by atoms with van der Waals surface area (Å²) >= 11 is 0. The molecule has 3 rings (SSSR count). The lowest BCUT2D eigenvalue weighted by molar-refractivity contribution is -0.141. The number of pyridine rings is 1. The number of amides is 1. The second-order valence-corrected chi connectivity index (χ2v) is 5.46. The quantitative estimate of drug-likeness (QED) is 0.849. The van der Waals surface area contributed by atoms with Crippen LogP contribution in [0.3, 0.4) is 0 Å². The molecular weight excluding hydrogens is 311 g/mol. The molecule has 1 amide bonds. The Balaban J connectivity index is 1.82. The molecule has 0 bridgehead atoms. The lowest BCUT2D eigenvalue weighted by Gasteiger charge is -2.22. The smallest absolute Gasteiger partial charge is 0.359 e. The normalized spacial score (nSPS) is 18.4. The first-order valence-electron chi connectivity index (χ1n) is 7.13. The van der Waals surface area contributed by atoms with E-state index in [1.807, 2.05) is 0 Å². The summed E-state index contributed by atoms with van der Waals surface area (Å²) in [6.07, 6.45) is -2.03. The van der Waals surface area contributed by atoms with Crippen LogP contribution in [-0.2, 0) is 6.18 Å². The van der Waals surface area contributed by atoms with Gasteiger partial charge in [-0.3, -0.25) is 9.78 Å². The van der Waals surface area contributed by atoms with Gasteiger partial charge in [-0.1, -0.05) is 5.16 Å². The molecular formula is C15H14F3N3O2. The van der Waals surface area contributed by atoms with Gasteiger partial charge in [-0.05, 0) is 31.9 Å². The SMILES string of the molecule is Cc1cc(C2CCCN2C(=O)c2ccc(C(F)(F)F)nc2)on1. The summed E-state index contributed by atoms with van der Waals surface area (Å²) in [5.41, 5.74) is -0.172. The summed E-state index contributed by atoms with van der Waals surface area (Å²) in [7, 11) is 0. The zero-order valence-corrected chi connectivity index (χ0v) is 12.3. The van der Waals surface area contributed by atoms with Gasteiger partial charge in [0.15, 0.2) is 5.76 Å². The monoisotopic (exact) mass is 325 g/mol. The average Bonchev–Trinajstić information content (AvgIpc) is 3.14. The lowest BCUT2D eigenvalue weighted by Crippen LogP contribution is -2.30. The molecule has 1 saturated heterocycles. The van der Waals surface area contributed by atoms with Crippen molar-refractivity contribution in [3.63, 3.8) is 0 Å². The minimum absolute atomic E-state index is 0.126. The average molecular weight is 325 g/mol. The Morgan fingerprint density at radius 2 is 2.17 bits per heavy atom. The third kappa shape index (κ3) is 3.06. The molecule has 23 heavy (non-hydrogen) atoms. The van der Waals surface area contributed by atoms with E-state index in [0.717, 1.165) is 36.9 Å². The van der Waals surface area contributed by atoms with Gasteiger partial charge in [-0.15, -0.1) is 0 Å². The van der Waals surface area contributed by atoms with Crippen LogP contribution in [0.25, 0.3) is 0 Å². The Bertz CT molecular complexity index is 710. The molecule has 122 valence electrons. The molecule has 3 heterocycles. The van der Waals surface area contributed by atoms with Crippen molar-refractivity contribution >= 4 is 5.91 Å². The number of hydrogen-bond acceptors (Lipinski definition) is 4. The van der Waals surface area contributed by atoms with Crippen LogP contribution in [0.5, 0.6) is 0 Å². The molecule has 0 aromatic carbocycles. The van der Waals surface area contributed by atoms with Crippen molar-refractivity contribution in [2.75, 3.05) is 6.54 Å². The van der Waals surface area contributed by atoms with Crippen molar-refractivity contribution < 1.29 is 22.5 Å². The van der Waals surface area contributed by atoms with Crippen molar-refractivity contribution in [3.05, 3.63) is 47.1 Å². The highest BCUT2D eigenvalue weighted by molar-refractivity contribution is 5.94. The van der Waals surface area contributed by atoms with Crippen molar-refractivity contribution in [1.29, 1.82) is 0 Å². The zero-order chi connectivity index (χ0) is 16.6. The Morgan fingerprint density at radius 3 is 2.74 bits per heavy atom. The first-order chi connectivity index (χ1) is 10.9. The highest BCUT2D eigenvalue weighted by Crippen LogP contribution is 2.34. The number of carbonyl (C=O) groups is 1. The number of likely N-dealkylation sites (tertiary alicyclic amines) is 1. The Hall–Kier alpha value is -2.38. The molecule has 1 unspecified atom stereocenters. The van der Waals surface area contributed by atoms with E-state index in [-0.39, 0.29) is 17.5 Å². The predicted molar refractivity (Wildman–Crippen MR) is 73.5 cm³/mol.